The average molecular weight is 316 g/mol. The molecule has 0 aliphatic carbocycles. The fourth-order valence-corrected chi connectivity index (χ4v) is 1.85. The van der Waals surface area contributed by atoms with E-state index in [2.05, 4.69) is 15.9 Å². The zero-order chi connectivity index (χ0) is 13.7. The van der Waals surface area contributed by atoms with Crippen LogP contribution in [-0.2, 0) is 16.0 Å². The molecule has 0 heterocycles. The third-order valence-electron chi connectivity index (χ3n) is 2.60. The van der Waals surface area contributed by atoms with Crippen LogP contribution in [0.3, 0.4) is 0 Å². The van der Waals surface area contributed by atoms with Crippen molar-refractivity contribution in [2.75, 3.05) is 0 Å². The first kappa shape index (κ1) is 14.7. The van der Waals surface area contributed by atoms with Crippen LogP contribution in [-0.4, -0.2) is 28.2 Å². The van der Waals surface area contributed by atoms with Crippen LogP contribution in [0, 0.1) is 5.92 Å². The quantitative estimate of drug-likeness (QED) is 0.738. The van der Waals surface area contributed by atoms with Gasteiger partial charge in [-0.3, -0.25) is 9.59 Å². The molecule has 0 bridgehead atoms. The van der Waals surface area contributed by atoms with Crippen LogP contribution in [0.4, 0.5) is 0 Å². The molecule has 0 spiro atoms. The van der Waals surface area contributed by atoms with Crippen molar-refractivity contribution in [2.45, 2.75) is 18.9 Å². The maximum absolute atomic E-state index is 11.1. The molecule has 1 aromatic rings. The van der Waals surface area contributed by atoms with Crippen molar-refractivity contribution in [2.24, 2.45) is 11.7 Å². The van der Waals surface area contributed by atoms with E-state index in [0.717, 1.165) is 10.0 Å². The zero-order valence-corrected chi connectivity index (χ0v) is 11.1. The fraction of sp³-hybridized carbons (Fsp3) is 0.333. The predicted octanol–water partition coefficient (Wildman–Crippen LogP) is 1.49. The molecular weight excluding hydrogens is 302 g/mol. The highest BCUT2D eigenvalue weighted by atomic mass is 79.9. The third kappa shape index (κ3) is 4.46. The average Bonchev–Trinajstić information content (AvgIpc) is 2.30. The number of nitrogens with two attached hydrogens (primary N) is 1. The standard InChI is InChI=1S/C12H14BrNO4/c13-9-3-1-7(2-4-9)5-8(11(15)16)6-10(14)12(17)18/h1-4,8,10H,5-6,14H2,(H,15,16)(H,17,18). The summed E-state index contributed by atoms with van der Waals surface area (Å²) < 4.78 is 0.903. The number of rotatable bonds is 6. The molecule has 2 atom stereocenters. The van der Waals surface area contributed by atoms with Crippen molar-refractivity contribution in [3.8, 4) is 0 Å². The molecular formula is C12H14BrNO4. The lowest BCUT2D eigenvalue weighted by Gasteiger charge is -2.14. The van der Waals surface area contributed by atoms with Crippen LogP contribution in [0.1, 0.15) is 12.0 Å². The second-order valence-electron chi connectivity index (χ2n) is 4.05. The zero-order valence-electron chi connectivity index (χ0n) is 9.54. The molecule has 0 amide bonds. The maximum Gasteiger partial charge on any atom is 0.320 e. The summed E-state index contributed by atoms with van der Waals surface area (Å²) in [5.74, 6) is -3.01. The summed E-state index contributed by atoms with van der Waals surface area (Å²) in [5.41, 5.74) is 6.20. The molecule has 0 radical (unpaired) electrons. The molecule has 4 N–H and O–H groups in total. The maximum atomic E-state index is 11.1. The molecule has 98 valence electrons. The van der Waals surface area contributed by atoms with Crippen LogP contribution in [0.15, 0.2) is 28.7 Å². The van der Waals surface area contributed by atoms with Crippen molar-refractivity contribution in [3.05, 3.63) is 34.3 Å². The summed E-state index contributed by atoms with van der Waals surface area (Å²) in [7, 11) is 0. The first-order valence-electron chi connectivity index (χ1n) is 5.35. The van der Waals surface area contributed by atoms with E-state index in [0.29, 0.717) is 0 Å². The van der Waals surface area contributed by atoms with Gasteiger partial charge in [-0.25, -0.2) is 0 Å². The third-order valence-corrected chi connectivity index (χ3v) is 3.13. The summed E-state index contributed by atoms with van der Waals surface area (Å²) in [5, 5.41) is 17.8. The van der Waals surface area contributed by atoms with E-state index < -0.39 is 23.9 Å². The first-order valence-corrected chi connectivity index (χ1v) is 6.15. The summed E-state index contributed by atoms with van der Waals surface area (Å²) >= 11 is 3.29. The Balaban J connectivity index is 2.71. The van der Waals surface area contributed by atoms with E-state index in [9.17, 15) is 9.59 Å². The van der Waals surface area contributed by atoms with Gasteiger partial charge in [-0.1, -0.05) is 28.1 Å². The number of hydrogen-bond acceptors (Lipinski definition) is 3. The topological polar surface area (TPSA) is 101 Å². The first-order chi connectivity index (χ1) is 8.40. The minimum Gasteiger partial charge on any atom is -0.481 e. The Hall–Kier alpha value is -1.40. The lowest BCUT2D eigenvalue weighted by atomic mass is 9.93. The van der Waals surface area contributed by atoms with Crippen molar-refractivity contribution in [1.29, 1.82) is 0 Å². The molecule has 18 heavy (non-hydrogen) atoms. The second-order valence-corrected chi connectivity index (χ2v) is 4.96. The number of carbonyl (C=O) groups is 2. The van der Waals surface area contributed by atoms with E-state index in [4.69, 9.17) is 15.9 Å². The minimum atomic E-state index is -1.18. The Morgan fingerprint density at radius 1 is 1.17 bits per heavy atom. The van der Waals surface area contributed by atoms with Gasteiger partial charge in [-0.05, 0) is 30.5 Å². The molecule has 5 nitrogen and oxygen atoms in total. The van der Waals surface area contributed by atoms with Gasteiger partial charge in [-0.2, -0.15) is 0 Å². The lowest BCUT2D eigenvalue weighted by Crippen LogP contribution is -2.35. The monoisotopic (exact) mass is 315 g/mol. The Morgan fingerprint density at radius 3 is 2.17 bits per heavy atom. The summed E-state index contributed by atoms with van der Waals surface area (Å²) in [4.78, 5) is 21.7. The highest BCUT2D eigenvalue weighted by Crippen LogP contribution is 2.17. The highest BCUT2D eigenvalue weighted by Gasteiger charge is 2.24. The second kappa shape index (κ2) is 6.51. The van der Waals surface area contributed by atoms with Crippen LogP contribution in [0.2, 0.25) is 0 Å². The van der Waals surface area contributed by atoms with Crippen LogP contribution in [0.5, 0.6) is 0 Å². The van der Waals surface area contributed by atoms with Crippen LogP contribution >= 0.6 is 15.9 Å². The normalized spacial score (nSPS) is 13.9. The van der Waals surface area contributed by atoms with Gasteiger partial charge >= 0.3 is 11.9 Å². The Morgan fingerprint density at radius 2 is 1.72 bits per heavy atom. The highest BCUT2D eigenvalue weighted by molar-refractivity contribution is 9.10. The molecule has 6 heteroatoms. The molecule has 0 aliphatic rings. The van der Waals surface area contributed by atoms with Gasteiger partial charge < -0.3 is 15.9 Å². The van der Waals surface area contributed by atoms with Gasteiger partial charge in [0.2, 0.25) is 0 Å². The summed E-state index contributed by atoms with van der Waals surface area (Å²) in [6.07, 6.45) is 0.185. The van der Waals surface area contributed by atoms with Gasteiger partial charge in [0, 0.05) is 4.47 Å². The van der Waals surface area contributed by atoms with Gasteiger partial charge in [0.25, 0.3) is 0 Å². The van der Waals surface area contributed by atoms with E-state index in [1.54, 1.807) is 12.1 Å². The van der Waals surface area contributed by atoms with Gasteiger partial charge in [0.1, 0.15) is 6.04 Å². The number of carboxylic acids is 2. The van der Waals surface area contributed by atoms with E-state index in [1.807, 2.05) is 12.1 Å². The van der Waals surface area contributed by atoms with Crippen LogP contribution < -0.4 is 5.73 Å². The van der Waals surface area contributed by atoms with E-state index >= 15 is 0 Å². The Bertz CT molecular complexity index is 432. The van der Waals surface area contributed by atoms with Crippen molar-refractivity contribution in [1.82, 2.24) is 0 Å². The number of aliphatic carboxylic acids is 2. The SMILES string of the molecule is NC(CC(Cc1ccc(Br)cc1)C(=O)O)C(=O)O. The Kier molecular flexibility index (Phi) is 5.30. The molecule has 0 fully saturated rings. The van der Waals surface area contributed by atoms with Crippen LogP contribution in [0.25, 0.3) is 0 Å². The predicted molar refractivity (Wildman–Crippen MR) is 69.2 cm³/mol. The van der Waals surface area contributed by atoms with E-state index in [-0.39, 0.29) is 12.8 Å². The Labute approximate surface area is 113 Å². The number of halogens is 1. The smallest absolute Gasteiger partial charge is 0.320 e. The van der Waals surface area contributed by atoms with Gasteiger partial charge in [0.05, 0.1) is 5.92 Å². The van der Waals surface area contributed by atoms with E-state index in [1.165, 1.54) is 0 Å². The van der Waals surface area contributed by atoms with Crippen molar-refractivity contribution < 1.29 is 19.8 Å². The fourth-order valence-electron chi connectivity index (χ4n) is 1.58. The van der Waals surface area contributed by atoms with Gasteiger partial charge in [0.15, 0.2) is 0 Å². The minimum absolute atomic E-state index is 0.0826. The number of hydrogen-bond donors (Lipinski definition) is 3. The summed E-state index contributed by atoms with van der Waals surface area (Å²) in [6.45, 7) is 0. The molecule has 0 saturated carbocycles. The largest absolute Gasteiger partial charge is 0.481 e. The number of carboxylic acid groups (broad SMARTS) is 2. The van der Waals surface area contributed by atoms with Gasteiger partial charge in [-0.15, -0.1) is 0 Å². The molecule has 0 saturated heterocycles. The summed E-state index contributed by atoms with van der Waals surface area (Å²) in [6, 6.07) is 6.07. The lowest BCUT2D eigenvalue weighted by molar-refractivity contribution is -0.143. The molecule has 1 rings (SSSR count). The molecule has 0 aliphatic heterocycles. The van der Waals surface area contributed by atoms with Crippen molar-refractivity contribution >= 4 is 27.9 Å². The molecule has 1 aromatic carbocycles. The number of benzene rings is 1. The van der Waals surface area contributed by atoms with Crippen molar-refractivity contribution in [3.63, 3.8) is 0 Å². The molecule has 2 unspecified atom stereocenters. The molecule has 0 aromatic heterocycles.